The normalized spacial score (nSPS) is 12.4. The van der Waals surface area contributed by atoms with Crippen LogP contribution >= 0.6 is 0 Å². The van der Waals surface area contributed by atoms with Gasteiger partial charge in [0.15, 0.2) is 0 Å². The first-order valence-electron chi connectivity index (χ1n) is 7.08. The van der Waals surface area contributed by atoms with Gasteiger partial charge in [-0.05, 0) is 38.7 Å². The molecule has 1 atom stereocenters. The van der Waals surface area contributed by atoms with Gasteiger partial charge in [-0.25, -0.2) is 0 Å². The number of hydrogen-bond donors (Lipinski definition) is 0. The van der Waals surface area contributed by atoms with Gasteiger partial charge < -0.3 is 9.64 Å². The zero-order valence-electron chi connectivity index (χ0n) is 12.5. The molecule has 2 aromatic rings. The maximum absolute atomic E-state index is 6.18. The summed E-state index contributed by atoms with van der Waals surface area (Å²) in [6.45, 7) is 3.09. The molecule has 0 spiro atoms. The standard InChI is InChI=1S/C18H23NO/c1-15-9-11-17(12-10-15)20-18(13-14-19(2)3)16-7-5-4-6-8-16/h4-12,18H,13-14H2,1-3H3. The smallest absolute Gasteiger partial charge is 0.125 e. The summed E-state index contributed by atoms with van der Waals surface area (Å²) < 4.78 is 6.18. The molecule has 0 aliphatic rings. The van der Waals surface area contributed by atoms with Gasteiger partial charge >= 0.3 is 0 Å². The first-order chi connectivity index (χ1) is 9.65. The summed E-state index contributed by atoms with van der Waals surface area (Å²) in [6.07, 6.45) is 1.08. The first kappa shape index (κ1) is 14.6. The third kappa shape index (κ3) is 4.39. The SMILES string of the molecule is Cc1ccc(OC(CCN(C)C)c2ccccc2)cc1. The predicted octanol–water partition coefficient (Wildman–Crippen LogP) is 4.07. The Morgan fingerprint density at radius 3 is 2.20 bits per heavy atom. The highest BCUT2D eigenvalue weighted by atomic mass is 16.5. The lowest BCUT2D eigenvalue weighted by atomic mass is 10.1. The highest BCUT2D eigenvalue weighted by Crippen LogP contribution is 2.25. The number of rotatable bonds is 6. The molecule has 0 aromatic heterocycles. The molecule has 0 bridgehead atoms. The molecule has 0 aliphatic heterocycles. The van der Waals surface area contributed by atoms with E-state index in [1.807, 2.05) is 18.2 Å². The van der Waals surface area contributed by atoms with E-state index in [0.29, 0.717) is 0 Å². The fraction of sp³-hybridized carbons (Fsp3) is 0.333. The van der Waals surface area contributed by atoms with Crippen LogP contribution in [0.3, 0.4) is 0 Å². The average Bonchev–Trinajstić information content (AvgIpc) is 2.46. The van der Waals surface area contributed by atoms with E-state index in [2.05, 4.69) is 62.3 Å². The van der Waals surface area contributed by atoms with Gasteiger partial charge in [0.25, 0.3) is 0 Å². The highest BCUT2D eigenvalue weighted by molar-refractivity contribution is 5.28. The Labute approximate surface area is 122 Å². The molecule has 2 aromatic carbocycles. The minimum atomic E-state index is 0.0984. The molecule has 2 nitrogen and oxygen atoms in total. The van der Waals surface area contributed by atoms with E-state index >= 15 is 0 Å². The van der Waals surface area contributed by atoms with E-state index in [1.54, 1.807) is 0 Å². The summed E-state index contributed by atoms with van der Waals surface area (Å²) in [4.78, 5) is 2.19. The van der Waals surface area contributed by atoms with Gasteiger partial charge in [-0.15, -0.1) is 0 Å². The molecule has 0 radical (unpaired) electrons. The third-order valence-corrected chi connectivity index (χ3v) is 3.31. The summed E-state index contributed by atoms with van der Waals surface area (Å²) in [5.41, 5.74) is 2.48. The van der Waals surface area contributed by atoms with E-state index in [-0.39, 0.29) is 6.10 Å². The van der Waals surface area contributed by atoms with Gasteiger partial charge in [0.2, 0.25) is 0 Å². The van der Waals surface area contributed by atoms with E-state index in [1.165, 1.54) is 11.1 Å². The van der Waals surface area contributed by atoms with Crippen molar-refractivity contribution in [1.29, 1.82) is 0 Å². The quantitative estimate of drug-likeness (QED) is 0.784. The lowest BCUT2D eigenvalue weighted by Gasteiger charge is -2.21. The van der Waals surface area contributed by atoms with Crippen molar-refractivity contribution >= 4 is 0 Å². The Hall–Kier alpha value is -1.80. The molecule has 2 heteroatoms. The monoisotopic (exact) mass is 269 g/mol. The Kier molecular flexibility index (Phi) is 5.19. The van der Waals surface area contributed by atoms with Crippen molar-refractivity contribution in [2.24, 2.45) is 0 Å². The summed E-state index contributed by atoms with van der Waals surface area (Å²) >= 11 is 0. The third-order valence-electron chi connectivity index (χ3n) is 3.31. The van der Waals surface area contributed by atoms with Gasteiger partial charge in [0, 0.05) is 13.0 Å². The fourth-order valence-corrected chi connectivity index (χ4v) is 2.12. The van der Waals surface area contributed by atoms with E-state index in [4.69, 9.17) is 4.74 Å². The van der Waals surface area contributed by atoms with Gasteiger partial charge in [-0.2, -0.15) is 0 Å². The zero-order valence-corrected chi connectivity index (χ0v) is 12.5. The number of hydrogen-bond acceptors (Lipinski definition) is 2. The lowest BCUT2D eigenvalue weighted by molar-refractivity contribution is 0.179. The molecule has 2 rings (SSSR count). The molecule has 106 valence electrons. The van der Waals surface area contributed by atoms with Gasteiger partial charge in [-0.3, -0.25) is 0 Å². The fourth-order valence-electron chi connectivity index (χ4n) is 2.12. The van der Waals surface area contributed by atoms with Crippen LogP contribution < -0.4 is 4.74 Å². The summed E-state index contributed by atoms with van der Waals surface area (Å²) in [5.74, 6) is 0.934. The van der Waals surface area contributed by atoms with Crippen LogP contribution in [0.4, 0.5) is 0 Å². The number of benzene rings is 2. The molecule has 0 fully saturated rings. The average molecular weight is 269 g/mol. The molecule has 0 saturated heterocycles. The molecule has 0 heterocycles. The van der Waals surface area contributed by atoms with Gasteiger partial charge in [-0.1, -0.05) is 48.0 Å². The van der Waals surface area contributed by atoms with Crippen LogP contribution in [0.5, 0.6) is 5.75 Å². The number of nitrogens with zero attached hydrogens (tertiary/aromatic N) is 1. The molecule has 0 aliphatic carbocycles. The van der Waals surface area contributed by atoms with Crippen molar-refractivity contribution in [1.82, 2.24) is 4.90 Å². The molecular weight excluding hydrogens is 246 g/mol. The largest absolute Gasteiger partial charge is 0.486 e. The summed E-state index contributed by atoms with van der Waals surface area (Å²) in [7, 11) is 4.18. The molecule has 0 amide bonds. The highest BCUT2D eigenvalue weighted by Gasteiger charge is 2.13. The van der Waals surface area contributed by atoms with E-state index in [0.717, 1.165) is 18.7 Å². The van der Waals surface area contributed by atoms with Crippen molar-refractivity contribution in [3.05, 3.63) is 65.7 Å². The van der Waals surface area contributed by atoms with Gasteiger partial charge in [0.1, 0.15) is 11.9 Å². The zero-order chi connectivity index (χ0) is 14.4. The Balaban J connectivity index is 2.12. The molecule has 20 heavy (non-hydrogen) atoms. The maximum atomic E-state index is 6.18. The topological polar surface area (TPSA) is 12.5 Å². The summed E-state index contributed by atoms with van der Waals surface area (Å²) in [5, 5.41) is 0. The molecule has 1 unspecified atom stereocenters. The molecule has 0 saturated carbocycles. The second-order valence-electron chi connectivity index (χ2n) is 5.42. The van der Waals surface area contributed by atoms with Crippen LogP contribution in [0.2, 0.25) is 0 Å². The first-order valence-corrected chi connectivity index (χ1v) is 7.08. The van der Waals surface area contributed by atoms with Gasteiger partial charge in [0.05, 0.1) is 0 Å². The van der Waals surface area contributed by atoms with E-state index in [9.17, 15) is 0 Å². The van der Waals surface area contributed by atoms with Crippen LogP contribution in [0.25, 0.3) is 0 Å². The van der Waals surface area contributed by atoms with Crippen LogP contribution in [0.15, 0.2) is 54.6 Å². The maximum Gasteiger partial charge on any atom is 0.125 e. The minimum absolute atomic E-state index is 0.0984. The Morgan fingerprint density at radius 1 is 0.950 bits per heavy atom. The van der Waals surface area contributed by atoms with Crippen molar-refractivity contribution in [3.8, 4) is 5.75 Å². The molecular formula is C18H23NO. The number of ether oxygens (including phenoxy) is 1. The number of aryl methyl sites for hydroxylation is 1. The van der Waals surface area contributed by atoms with Crippen molar-refractivity contribution in [3.63, 3.8) is 0 Å². The van der Waals surface area contributed by atoms with Crippen molar-refractivity contribution in [2.45, 2.75) is 19.4 Å². The van der Waals surface area contributed by atoms with Crippen LogP contribution in [-0.2, 0) is 0 Å². The van der Waals surface area contributed by atoms with Crippen LogP contribution in [0.1, 0.15) is 23.7 Å². The lowest BCUT2D eigenvalue weighted by Crippen LogP contribution is -2.18. The Bertz CT molecular complexity index is 505. The van der Waals surface area contributed by atoms with Crippen molar-refractivity contribution in [2.75, 3.05) is 20.6 Å². The summed E-state index contributed by atoms with van der Waals surface area (Å²) in [6, 6.07) is 18.7. The van der Waals surface area contributed by atoms with E-state index < -0.39 is 0 Å². The minimum Gasteiger partial charge on any atom is -0.486 e. The molecule has 0 N–H and O–H groups in total. The predicted molar refractivity (Wildman–Crippen MR) is 84.2 cm³/mol. The second-order valence-corrected chi connectivity index (χ2v) is 5.42. The van der Waals surface area contributed by atoms with Crippen LogP contribution in [0, 0.1) is 6.92 Å². The Morgan fingerprint density at radius 2 is 1.60 bits per heavy atom. The second kappa shape index (κ2) is 7.11. The van der Waals surface area contributed by atoms with Crippen molar-refractivity contribution < 1.29 is 4.74 Å². The van der Waals surface area contributed by atoms with Crippen LogP contribution in [-0.4, -0.2) is 25.5 Å².